The summed E-state index contributed by atoms with van der Waals surface area (Å²) in [7, 11) is 0. The van der Waals surface area contributed by atoms with Gasteiger partial charge in [0.05, 0.1) is 18.7 Å². The van der Waals surface area contributed by atoms with Gasteiger partial charge in [0.25, 0.3) is 0 Å². The predicted octanol–water partition coefficient (Wildman–Crippen LogP) is 3.00. The second-order valence-electron chi connectivity index (χ2n) is 4.55. The Labute approximate surface area is 125 Å². The maximum absolute atomic E-state index is 12.0. The van der Waals surface area contributed by atoms with Crippen LogP contribution in [0.25, 0.3) is 0 Å². The Hall–Kier alpha value is -1.59. The maximum atomic E-state index is 12.0. The number of aliphatic hydroxyl groups is 1. The Morgan fingerprint density at radius 1 is 1.35 bits per heavy atom. The van der Waals surface area contributed by atoms with Gasteiger partial charge in [0, 0.05) is 4.47 Å². The number of halogens is 1. The predicted molar refractivity (Wildman–Crippen MR) is 79.2 cm³/mol. The summed E-state index contributed by atoms with van der Waals surface area (Å²) in [5.74, 6) is 0.0476. The molecule has 1 aromatic carbocycles. The summed E-state index contributed by atoms with van der Waals surface area (Å²) in [5.41, 5.74) is 0.929. The monoisotopic (exact) mass is 337 g/mol. The Kier molecular flexibility index (Phi) is 4.98. The fraction of sp³-hybridized carbons (Fsp3) is 0.267. The first-order valence-corrected chi connectivity index (χ1v) is 7.12. The van der Waals surface area contributed by atoms with Crippen molar-refractivity contribution in [2.45, 2.75) is 18.9 Å². The fourth-order valence-electron chi connectivity index (χ4n) is 1.83. The third-order valence-corrected chi connectivity index (χ3v) is 3.63. The molecule has 2 rings (SSSR count). The zero-order valence-corrected chi connectivity index (χ0v) is 12.6. The average molecular weight is 338 g/mol. The number of carbonyl (C=O) groups excluding carboxylic acids is 1. The molecule has 106 valence electrons. The van der Waals surface area contributed by atoms with Crippen LogP contribution >= 0.6 is 15.9 Å². The number of aliphatic hydroxyl groups excluding tert-OH is 1. The molecule has 1 aromatic heterocycles. The zero-order chi connectivity index (χ0) is 14.5. The van der Waals surface area contributed by atoms with Crippen molar-refractivity contribution in [2.75, 3.05) is 6.54 Å². The highest BCUT2D eigenvalue weighted by Gasteiger charge is 2.17. The number of amides is 1. The van der Waals surface area contributed by atoms with E-state index in [4.69, 9.17) is 4.42 Å². The van der Waals surface area contributed by atoms with E-state index < -0.39 is 6.10 Å². The van der Waals surface area contributed by atoms with Gasteiger partial charge in [-0.15, -0.1) is 0 Å². The minimum atomic E-state index is -0.828. The standard InChI is InChI=1S/C15H16BrNO3/c1-10(11-4-6-12(16)7-5-11)15(19)17-9-13(18)14-3-2-8-20-14/h2-8,10,13,18H,9H2,1H3,(H,17,19)/t10-,13-/m0/s1. The van der Waals surface area contributed by atoms with Crippen molar-refractivity contribution in [1.29, 1.82) is 0 Å². The van der Waals surface area contributed by atoms with Crippen LogP contribution in [0, 0.1) is 0 Å². The molecule has 0 unspecified atom stereocenters. The highest BCUT2D eigenvalue weighted by atomic mass is 79.9. The number of hydrogen-bond acceptors (Lipinski definition) is 3. The molecule has 0 fully saturated rings. The van der Waals surface area contributed by atoms with Crippen LogP contribution in [0.15, 0.2) is 51.6 Å². The molecule has 2 aromatic rings. The van der Waals surface area contributed by atoms with E-state index in [-0.39, 0.29) is 18.4 Å². The van der Waals surface area contributed by atoms with E-state index >= 15 is 0 Å². The summed E-state index contributed by atoms with van der Waals surface area (Å²) >= 11 is 3.36. The fourth-order valence-corrected chi connectivity index (χ4v) is 2.10. The summed E-state index contributed by atoms with van der Waals surface area (Å²) in [5, 5.41) is 12.6. The first-order valence-electron chi connectivity index (χ1n) is 6.32. The van der Waals surface area contributed by atoms with Crippen LogP contribution in [0.1, 0.15) is 30.3 Å². The molecule has 1 amide bonds. The van der Waals surface area contributed by atoms with Gasteiger partial charge in [0.2, 0.25) is 5.91 Å². The molecule has 20 heavy (non-hydrogen) atoms. The van der Waals surface area contributed by atoms with Crippen LogP contribution in [0.3, 0.4) is 0 Å². The molecule has 4 nitrogen and oxygen atoms in total. The number of nitrogens with one attached hydrogen (secondary N) is 1. The summed E-state index contributed by atoms with van der Waals surface area (Å²) in [6.45, 7) is 1.96. The third-order valence-electron chi connectivity index (χ3n) is 3.10. The lowest BCUT2D eigenvalue weighted by Crippen LogP contribution is -2.31. The van der Waals surface area contributed by atoms with Gasteiger partial charge < -0.3 is 14.8 Å². The lowest BCUT2D eigenvalue weighted by molar-refractivity contribution is -0.122. The molecule has 0 radical (unpaired) electrons. The van der Waals surface area contributed by atoms with E-state index in [1.807, 2.05) is 31.2 Å². The minimum Gasteiger partial charge on any atom is -0.467 e. The van der Waals surface area contributed by atoms with Gasteiger partial charge in [-0.3, -0.25) is 4.79 Å². The first-order chi connectivity index (χ1) is 9.58. The largest absolute Gasteiger partial charge is 0.467 e. The molecule has 0 saturated heterocycles. The van der Waals surface area contributed by atoms with Gasteiger partial charge in [0.1, 0.15) is 11.9 Å². The topological polar surface area (TPSA) is 62.5 Å². The highest BCUT2D eigenvalue weighted by Crippen LogP contribution is 2.19. The number of furan rings is 1. The molecule has 0 aliphatic carbocycles. The van der Waals surface area contributed by atoms with Gasteiger partial charge >= 0.3 is 0 Å². The van der Waals surface area contributed by atoms with Gasteiger partial charge in [-0.25, -0.2) is 0 Å². The smallest absolute Gasteiger partial charge is 0.227 e. The van der Waals surface area contributed by atoms with Crippen molar-refractivity contribution < 1.29 is 14.3 Å². The van der Waals surface area contributed by atoms with Gasteiger partial charge in [-0.2, -0.15) is 0 Å². The number of carbonyl (C=O) groups is 1. The van der Waals surface area contributed by atoms with E-state index in [2.05, 4.69) is 21.2 Å². The minimum absolute atomic E-state index is 0.127. The van der Waals surface area contributed by atoms with Crippen LogP contribution in [0.4, 0.5) is 0 Å². The number of benzene rings is 1. The maximum Gasteiger partial charge on any atom is 0.227 e. The summed E-state index contributed by atoms with van der Waals surface area (Å²) in [6, 6.07) is 11.0. The van der Waals surface area contributed by atoms with Crippen LogP contribution < -0.4 is 5.32 Å². The molecule has 2 atom stereocenters. The zero-order valence-electron chi connectivity index (χ0n) is 11.0. The normalized spacial score (nSPS) is 13.8. The Balaban J connectivity index is 1.90. The summed E-state index contributed by atoms with van der Waals surface area (Å²) in [6.07, 6.45) is 0.663. The Morgan fingerprint density at radius 2 is 2.05 bits per heavy atom. The van der Waals surface area contributed by atoms with Crippen molar-refractivity contribution in [1.82, 2.24) is 5.32 Å². The van der Waals surface area contributed by atoms with Crippen LogP contribution in [-0.2, 0) is 4.79 Å². The van der Waals surface area contributed by atoms with Crippen molar-refractivity contribution in [3.8, 4) is 0 Å². The molecule has 2 N–H and O–H groups in total. The lowest BCUT2D eigenvalue weighted by Gasteiger charge is -2.14. The molecule has 0 bridgehead atoms. The van der Waals surface area contributed by atoms with Gasteiger partial charge in [0.15, 0.2) is 0 Å². The number of rotatable bonds is 5. The molecular formula is C15H16BrNO3. The van der Waals surface area contributed by atoms with E-state index in [0.29, 0.717) is 5.76 Å². The Morgan fingerprint density at radius 3 is 2.65 bits per heavy atom. The van der Waals surface area contributed by atoms with Gasteiger partial charge in [-0.05, 0) is 36.8 Å². The Bertz CT molecular complexity index is 551. The molecular weight excluding hydrogens is 322 g/mol. The van der Waals surface area contributed by atoms with E-state index in [1.165, 1.54) is 6.26 Å². The molecule has 5 heteroatoms. The lowest BCUT2D eigenvalue weighted by atomic mass is 10.0. The second kappa shape index (κ2) is 6.72. The molecule has 0 aliphatic heterocycles. The molecule has 0 aliphatic rings. The van der Waals surface area contributed by atoms with E-state index in [1.54, 1.807) is 12.1 Å². The highest BCUT2D eigenvalue weighted by molar-refractivity contribution is 9.10. The summed E-state index contributed by atoms with van der Waals surface area (Å²) < 4.78 is 6.05. The first kappa shape index (κ1) is 14.8. The molecule has 0 spiro atoms. The van der Waals surface area contributed by atoms with Crippen molar-refractivity contribution in [2.24, 2.45) is 0 Å². The van der Waals surface area contributed by atoms with E-state index in [9.17, 15) is 9.90 Å². The molecule has 0 saturated carbocycles. The van der Waals surface area contributed by atoms with Crippen molar-refractivity contribution in [3.05, 3.63) is 58.5 Å². The van der Waals surface area contributed by atoms with Gasteiger partial charge in [-0.1, -0.05) is 28.1 Å². The summed E-state index contributed by atoms with van der Waals surface area (Å²) in [4.78, 5) is 12.0. The van der Waals surface area contributed by atoms with Crippen LogP contribution in [0.2, 0.25) is 0 Å². The van der Waals surface area contributed by atoms with Crippen molar-refractivity contribution in [3.63, 3.8) is 0 Å². The van der Waals surface area contributed by atoms with Crippen molar-refractivity contribution >= 4 is 21.8 Å². The molecule has 1 heterocycles. The second-order valence-corrected chi connectivity index (χ2v) is 5.47. The quantitative estimate of drug-likeness (QED) is 0.881. The third kappa shape index (κ3) is 3.71. The number of hydrogen-bond donors (Lipinski definition) is 2. The SMILES string of the molecule is C[C@H](C(=O)NC[C@H](O)c1ccco1)c1ccc(Br)cc1. The van der Waals surface area contributed by atoms with Crippen LogP contribution in [-0.4, -0.2) is 17.6 Å². The average Bonchev–Trinajstić information content (AvgIpc) is 2.98. The van der Waals surface area contributed by atoms with E-state index in [0.717, 1.165) is 10.0 Å². The van der Waals surface area contributed by atoms with Crippen LogP contribution in [0.5, 0.6) is 0 Å².